The highest BCUT2D eigenvalue weighted by atomic mass is 35.5. The average molecular weight is 277 g/mol. The number of nitrogen functional groups attached to an aromatic ring is 1. The minimum absolute atomic E-state index is 0. The summed E-state index contributed by atoms with van der Waals surface area (Å²) in [6.07, 6.45) is 3.80. The molecule has 0 aliphatic rings. The number of rotatable bonds is 3. The van der Waals surface area contributed by atoms with Gasteiger partial charge in [0.25, 0.3) is 5.69 Å². The highest BCUT2D eigenvalue weighted by Gasteiger charge is 2.01. The summed E-state index contributed by atoms with van der Waals surface area (Å²) in [7, 11) is 0. The molecule has 4 nitrogen and oxygen atoms in total. The van der Waals surface area contributed by atoms with Gasteiger partial charge in [0.05, 0.1) is 4.92 Å². The molecule has 0 amide bonds. The lowest BCUT2D eigenvalue weighted by Gasteiger charge is -1.96. The summed E-state index contributed by atoms with van der Waals surface area (Å²) < 4.78 is 0. The Bertz CT molecular complexity index is 595. The van der Waals surface area contributed by atoms with Gasteiger partial charge in [0.2, 0.25) is 0 Å². The number of hydrogen-bond acceptors (Lipinski definition) is 3. The van der Waals surface area contributed by atoms with Crippen molar-refractivity contribution in [1.29, 1.82) is 0 Å². The Morgan fingerprint density at radius 2 is 1.63 bits per heavy atom. The monoisotopic (exact) mass is 276 g/mol. The smallest absolute Gasteiger partial charge is 0.269 e. The van der Waals surface area contributed by atoms with E-state index in [0.29, 0.717) is 5.69 Å². The van der Waals surface area contributed by atoms with E-state index >= 15 is 0 Å². The third-order valence-electron chi connectivity index (χ3n) is 2.48. The molecule has 0 saturated heterocycles. The van der Waals surface area contributed by atoms with Crippen molar-refractivity contribution in [3.63, 3.8) is 0 Å². The molecule has 5 heteroatoms. The summed E-state index contributed by atoms with van der Waals surface area (Å²) in [5, 5.41) is 10.5. The first-order chi connectivity index (χ1) is 8.65. The summed E-state index contributed by atoms with van der Waals surface area (Å²) in [5.74, 6) is 0. The van der Waals surface area contributed by atoms with Crippen molar-refractivity contribution in [2.24, 2.45) is 0 Å². The second kappa shape index (κ2) is 6.56. The van der Waals surface area contributed by atoms with Crippen LogP contribution in [0.4, 0.5) is 11.4 Å². The van der Waals surface area contributed by atoms with E-state index in [1.165, 1.54) is 12.1 Å². The zero-order valence-electron chi connectivity index (χ0n) is 10.0. The zero-order valence-corrected chi connectivity index (χ0v) is 10.8. The second-order valence-corrected chi connectivity index (χ2v) is 3.85. The molecule has 0 atom stereocenters. The Morgan fingerprint density at radius 3 is 2.21 bits per heavy atom. The fraction of sp³-hybridized carbons (Fsp3) is 0. The average Bonchev–Trinajstić information content (AvgIpc) is 2.37. The van der Waals surface area contributed by atoms with Crippen molar-refractivity contribution >= 4 is 35.9 Å². The molecule has 2 N–H and O–H groups in total. The van der Waals surface area contributed by atoms with Crippen molar-refractivity contribution in [3.05, 3.63) is 69.8 Å². The number of non-ortho nitro benzene ring substituents is 1. The van der Waals surface area contributed by atoms with Gasteiger partial charge in [-0.1, -0.05) is 24.3 Å². The molecule has 2 aromatic carbocycles. The number of nitrogens with two attached hydrogens (primary N) is 1. The molecule has 0 spiro atoms. The number of hydrogen-bond donors (Lipinski definition) is 1. The SMILES string of the molecule is Cl.Nc1cccc(/C=C/c2ccc([N+](=O)[O-])cc2)c1. The number of halogens is 1. The fourth-order valence-electron chi connectivity index (χ4n) is 1.56. The van der Waals surface area contributed by atoms with Crippen LogP contribution in [0.25, 0.3) is 12.2 Å². The van der Waals surface area contributed by atoms with E-state index in [4.69, 9.17) is 5.73 Å². The first-order valence-electron chi connectivity index (χ1n) is 5.43. The Balaban J connectivity index is 0.00000180. The van der Waals surface area contributed by atoms with E-state index in [2.05, 4.69) is 0 Å². The number of nitrogens with zero attached hydrogens (tertiary/aromatic N) is 1. The van der Waals surface area contributed by atoms with Crippen molar-refractivity contribution < 1.29 is 4.92 Å². The molecule has 0 unspecified atom stereocenters. The maximum atomic E-state index is 10.5. The third-order valence-corrected chi connectivity index (χ3v) is 2.48. The molecule has 0 aliphatic heterocycles. The van der Waals surface area contributed by atoms with Crippen LogP contribution in [0.3, 0.4) is 0 Å². The normalized spacial score (nSPS) is 10.1. The molecule has 0 saturated carbocycles. The van der Waals surface area contributed by atoms with Crippen LogP contribution in [0, 0.1) is 10.1 Å². The molecule has 19 heavy (non-hydrogen) atoms. The molecule has 0 aromatic heterocycles. The number of benzene rings is 2. The molecule has 0 radical (unpaired) electrons. The number of nitro groups is 1. The lowest BCUT2D eigenvalue weighted by atomic mass is 10.1. The van der Waals surface area contributed by atoms with E-state index in [1.807, 2.05) is 36.4 Å². The van der Waals surface area contributed by atoms with Crippen LogP contribution >= 0.6 is 12.4 Å². The quantitative estimate of drug-likeness (QED) is 0.401. The van der Waals surface area contributed by atoms with Crippen LogP contribution in [0.5, 0.6) is 0 Å². The van der Waals surface area contributed by atoms with Gasteiger partial charge in [0, 0.05) is 17.8 Å². The Kier molecular flexibility index (Phi) is 5.09. The maximum absolute atomic E-state index is 10.5. The van der Waals surface area contributed by atoms with E-state index in [1.54, 1.807) is 12.1 Å². The molecule has 2 rings (SSSR count). The topological polar surface area (TPSA) is 69.2 Å². The van der Waals surface area contributed by atoms with Gasteiger partial charge < -0.3 is 5.73 Å². The standard InChI is InChI=1S/C14H12N2O2.ClH/c15-13-3-1-2-12(10-13)5-4-11-6-8-14(9-7-11)16(17)18;/h1-10H,15H2;1H/b5-4+;. The lowest BCUT2D eigenvalue weighted by molar-refractivity contribution is -0.384. The Hall–Kier alpha value is -2.33. The molecular weight excluding hydrogens is 264 g/mol. The molecule has 0 aliphatic carbocycles. The van der Waals surface area contributed by atoms with Gasteiger partial charge in [0.1, 0.15) is 0 Å². The first-order valence-corrected chi connectivity index (χ1v) is 5.43. The molecule has 0 bridgehead atoms. The summed E-state index contributed by atoms with van der Waals surface area (Å²) in [5.41, 5.74) is 8.37. The predicted molar refractivity (Wildman–Crippen MR) is 80.1 cm³/mol. The van der Waals surface area contributed by atoms with Crippen molar-refractivity contribution in [2.45, 2.75) is 0 Å². The molecular formula is C14H13ClN2O2. The van der Waals surface area contributed by atoms with Crippen LogP contribution in [0.15, 0.2) is 48.5 Å². The summed E-state index contributed by atoms with van der Waals surface area (Å²) >= 11 is 0. The van der Waals surface area contributed by atoms with Crippen LogP contribution in [-0.2, 0) is 0 Å². The lowest BCUT2D eigenvalue weighted by Crippen LogP contribution is -1.86. The van der Waals surface area contributed by atoms with Crippen molar-refractivity contribution in [2.75, 3.05) is 5.73 Å². The fourth-order valence-corrected chi connectivity index (χ4v) is 1.56. The zero-order chi connectivity index (χ0) is 13.0. The molecule has 98 valence electrons. The highest BCUT2D eigenvalue weighted by molar-refractivity contribution is 5.85. The van der Waals surface area contributed by atoms with Crippen LogP contribution < -0.4 is 5.73 Å². The minimum atomic E-state index is -0.411. The number of anilines is 1. The van der Waals surface area contributed by atoms with Crippen LogP contribution in [-0.4, -0.2) is 4.92 Å². The number of nitro benzene ring substituents is 1. The van der Waals surface area contributed by atoms with Gasteiger partial charge in [-0.05, 0) is 35.4 Å². The third kappa shape index (κ3) is 4.12. The van der Waals surface area contributed by atoms with Crippen molar-refractivity contribution in [1.82, 2.24) is 0 Å². The second-order valence-electron chi connectivity index (χ2n) is 3.85. The van der Waals surface area contributed by atoms with Gasteiger partial charge in [-0.25, -0.2) is 0 Å². The molecule has 2 aromatic rings. The Labute approximate surface area is 117 Å². The van der Waals surface area contributed by atoms with E-state index in [-0.39, 0.29) is 18.1 Å². The van der Waals surface area contributed by atoms with Gasteiger partial charge in [-0.2, -0.15) is 0 Å². The van der Waals surface area contributed by atoms with E-state index in [0.717, 1.165) is 11.1 Å². The van der Waals surface area contributed by atoms with Gasteiger partial charge >= 0.3 is 0 Å². The summed E-state index contributed by atoms with van der Waals surface area (Å²) in [6, 6.07) is 13.9. The molecule has 0 heterocycles. The van der Waals surface area contributed by atoms with E-state index < -0.39 is 4.92 Å². The highest BCUT2D eigenvalue weighted by Crippen LogP contribution is 2.15. The first kappa shape index (κ1) is 14.7. The maximum Gasteiger partial charge on any atom is 0.269 e. The Morgan fingerprint density at radius 1 is 1.00 bits per heavy atom. The van der Waals surface area contributed by atoms with Crippen molar-refractivity contribution in [3.8, 4) is 0 Å². The molecule has 0 fully saturated rings. The van der Waals surface area contributed by atoms with Crippen LogP contribution in [0.2, 0.25) is 0 Å². The van der Waals surface area contributed by atoms with Gasteiger partial charge in [-0.3, -0.25) is 10.1 Å². The summed E-state index contributed by atoms with van der Waals surface area (Å²) in [6.45, 7) is 0. The largest absolute Gasteiger partial charge is 0.399 e. The van der Waals surface area contributed by atoms with Gasteiger partial charge in [-0.15, -0.1) is 12.4 Å². The van der Waals surface area contributed by atoms with Gasteiger partial charge in [0.15, 0.2) is 0 Å². The van der Waals surface area contributed by atoms with Crippen LogP contribution in [0.1, 0.15) is 11.1 Å². The summed E-state index contributed by atoms with van der Waals surface area (Å²) in [4.78, 5) is 10.1. The van der Waals surface area contributed by atoms with E-state index in [9.17, 15) is 10.1 Å². The predicted octanol–water partition coefficient (Wildman–Crippen LogP) is 3.77. The minimum Gasteiger partial charge on any atom is -0.399 e.